The lowest BCUT2D eigenvalue weighted by atomic mass is 9.73. The Bertz CT molecular complexity index is 178. The molecule has 2 aliphatic rings. The Hall–Kier alpha value is -0.0400. The van der Waals surface area contributed by atoms with E-state index in [0.29, 0.717) is 0 Å². The van der Waals surface area contributed by atoms with Crippen molar-refractivity contribution in [1.82, 2.24) is 5.32 Å². The summed E-state index contributed by atoms with van der Waals surface area (Å²) in [5.74, 6) is 2.96. The number of hydrogen-bond donors (Lipinski definition) is 1. The zero-order chi connectivity index (χ0) is 9.47. The Labute approximate surface area is 82.3 Å². The Morgan fingerprint density at radius 1 is 1.15 bits per heavy atom. The van der Waals surface area contributed by atoms with E-state index in [1.165, 1.54) is 32.2 Å². The highest BCUT2D eigenvalue weighted by Crippen LogP contribution is 2.63. The van der Waals surface area contributed by atoms with E-state index in [2.05, 4.69) is 26.2 Å². The molecule has 0 aromatic heterocycles. The second-order valence-corrected chi connectivity index (χ2v) is 5.68. The molecule has 0 aliphatic heterocycles. The molecule has 2 rings (SSSR count). The number of rotatable bonds is 2. The first-order chi connectivity index (χ1) is 6.16. The predicted octanol–water partition coefficient (Wildman–Crippen LogP) is 2.67. The average Bonchev–Trinajstić information content (AvgIpc) is 2.60. The molecule has 13 heavy (non-hydrogen) atoms. The van der Waals surface area contributed by atoms with Crippen LogP contribution in [0.2, 0.25) is 0 Å². The van der Waals surface area contributed by atoms with Crippen molar-refractivity contribution in [2.75, 3.05) is 13.6 Å². The van der Waals surface area contributed by atoms with Crippen LogP contribution in [0.3, 0.4) is 0 Å². The van der Waals surface area contributed by atoms with Gasteiger partial charge in [-0.25, -0.2) is 0 Å². The van der Waals surface area contributed by atoms with E-state index in [1.807, 2.05) is 0 Å². The average molecular weight is 181 g/mol. The molecule has 0 saturated heterocycles. The zero-order valence-corrected chi connectivity index (χ0v) is 9.27. The summed E-state index contributed by atoms with van der Waals surface area (Å²) in [6, 6.07) is 0. The predicted molar refractivity (Wildman–Crippen MR) is 56.6 cm³/mol. The molecule has 76 valence electrons. The van der Waals surface area contributed by atoms with Gasteiger partial charge in [0, 0.05) is 0 Å². The fourth-order valence-corrected chi connectivity index (χ4v) is 3.79. The van der Waals surface area contributed by atoms with Crippen LogP contribution in [0.4, 0.5) is 0 Å². The van der Waals surface area contributed by atoms with E-state index in [1.54, 1.807) is 0 Å². The highest BCUT2D eigenvalue weighted by atomic mass is 14.8. The van der Waals surface area contributed by atoms with E-state index in [-0.39, 0.29) is 0 Å². The highest BCUT2D eigenvalue weighted by Gasteiger charge is 2.55. The third-order valence-electron chi connectivity index (χ3n) is 4.12. The van der Waals surface area contributed by atoms with E-state index in [0.717, 1.165) is 23.2 Å². The van der Waals surface area contributed by atoms with Gasteiger partial charge in [-0.15, -0.1) is 0 Å². The van der Waals surface area contributed by atoms with Crippen molar-refractivity contribution in [3.63, 3.8) is 0 Å². The monoisotopic (exact) mass is 181 g/mol. The van der Waals surface area contributed by atoms with Gasteiger partial charge in [-0.05, 0) is 62.4 Å². The lowest BCUT2D eigenvalue weighted by Gasteiger charge is -2.32. The smallest absolute Gasteiger partial charge is 0.00180 e. The first-order valence-electron chi connectivity index (χ1n) is 5.81. The first kappa shape index (κ1) is 9.51. The van der Waals surface area contributed by atoms with E-state index < -0.39 is 0 Å². The van der Waals surface area contributed by atoms with Gasteiger partial charge < -0.3 is 5.32 Å². The highest BCUT2D eigenvalue weighted by molar-refractivity contribution is 5.06. The van der Waals surface area contributed by atoms with Crippen LogP contribution in [0.5, 0.6) is 0 Å². The minimum atomic E-state index is 0.778. The molecule has 1 spiro atoms. The molecule has 1 N–H and O–H groups in total. The Kier molecular flexibility index (Phi) is 2.39. The van der Waals surface area contributed by atoms with Gasteiger partial charge in [0.25, 0.3) is 0 Å². The van der Waals surface area contributed by atoms with Crippen molar-refractivity contribution in [2.45, 2.75) is 39.5 Å². The summed E-state index contributed by atoms with van der Waals surface area (Å²) in [7, 11) is 2.09. The molecule has 2 saturated carbocycles. The quantitative estimate of drug-likeness (QED) is 0.690. The Morgan fingerprint density at radius 2 is 1.77 bits per heavy atom. The Balaban J connectivity index is 1.93. The van der Waals surface area contributed by atoms with Crippen molar-refractivity contribution in [2.24, 2.45) is 23.2 Å². The van der Waals surface area contributed by atoms with E-state index in [9.17, 15) is 0 Å². The number of hydrogen-bond acceptors (Lipinski definition) is 1. The van der Waals surface area contributed by atoms with Gasteiger partial charge in [0.2, 0.25) is 0 Å². The van der Waals surface area contributed by atoms with Crippen LogP contribution in [0.1, 0.15) is 39.5 Å². The summed E-state index contributed by atoms with van der Waals surface area (Å²) < 4.78 is 0. The molecule has 3 atom stereocenters. The summed E-state index contributed by atoms with van der Waals surface area (Å²) in [4.78, 5) is 0. The van der Waals surface area contributed by atoms with Gasteiger partial charge >= 0.3 is 0 Å². The second kappa shape index (κ2) is 3.27. The molecule has 1 heteroatoms. The summed E-state index contributed by atoms with van der Waals surface area (Å²) in [5, 5.41) is 3.33. The van der Waals surface area contributed by atoms with E-state index in [4.69, 9.17) is 0 Å². The molecular formula is C12H23N. The van der Waals surface area contributed by atoms with Gasteiger partial charge in [-0.3, -0.25) is 0 Å². The molecule has 0 aromatic rings. The summed E-state index contributed by atoms with van der Waals surface area (Å²) in [6.07, 6.45) is 5.98. The minimum Gasteiger partial charge on any atom is -0.319 e. The van der Waals surface area contributed by atoms with Gasteiger partial charge in [0.05, 0.1) is 0 Å². The summed E-state index contributed by atoms with van der Waals surface area (Å²) in [6.45, 7) is 6.12. The molecule has 0 radical (unpaired) electrons. The van der Waals surface area contributed by atoms with Crippen molar-refractivity contribution < 1.29 is 0 Å². The van der Waals surface area contributed by atoms with Crippen LogP contribution in [-0.2, 0) is 0 Å². The molecule has 3 unspecified atom stereocenters. The molecule has 1 nitrogen and oxygen atoms in total. The standard InChI is InChI=1S/C12H23N/c1-9-4-10(2)6-12(5-9)7-11(12)8-13-3/h9-11,13H,4-8H2,1-3H3. The maximum Gasteiger partial charge on any atom is -0.00180 e. The fourth-order valence-electron chi connectivity index (χ4n) is 3.79. The van der Waals surface area contributed by atoms with Crippen molar-refractivity contribution in [1.29, 1.82) is 0 Å². The third-order valence-corrected chi connectivity index (χ3v) is 4.12. The molecule has 0 amide bonds. The second-order valence-electron chi connectivity index (χ2n) is 5.68. The van der Waals surface area contributed by atoms with Crippen molar-refractivity contribution in [3.8, 4) is 0 Å². The summed E-state index contributed by atoms with van der Waals surface area (Å²) in [5.41, 5.74) is 0.778. The fraction of sp³-hybridized carbons (Fsp3) is 1.00. The maximum atomic E-state index is 3.33. The number of nitrogens with one attached hydrogen (secondary N) is 1. The van der Waals surface area contributed by atoms with Gasteiger partial charge in [-0.2, -0.15) is 0 Å². The SMILES string of the molecule is CNCC1CC12CC(C)CC(C)C2. The van der Waals surface area contributed by atoms with Crippen LogP contribution >= 0.6 is 0 Å². The molecule has 2 aliphatic carbocycles. The first-order valence-corrected chi connectivity index (χ1v) is 5.81. The lowest BCUT2D eigenvalue weighted by Crippen LogP contribution is -2.24. The van der Waals surface area contributed by atoms with Gasteiger partial charge in [-0.1, -0.05) is 13.8 Å². The topological polar surface area (TPSA) is 12.0 Å². The Morgan fingerprint density at radius 3 is 2.31 bits per heavy atom. The molecule has 2 fully saturated rings. The van der Waals surface area contributed by atoms with Crippen LogP contribution in [0, 0.1) is 23.2 Å². The molecular weight excluding hydrogens is 158 g/mol. The van der Waals surface area contributed by atoms with Crippen molar-refractivity contribution >= 4 is 0 Å². The van der Waals surface area contributed by atoms with Gasteiger partial charge in [0.15, 0.2) is 0 Å². The molecule has 0 aromatic carbocycles. The zero-order valence-electron chi connectivity index (χ0n) is 9.27. The lowest BCUT2D eigenvalue weighted by molar-refractivity contribution is 0.185. The maximum absolute atomic E-state index is 3.33. The van der Waals surface area contributed by atoms with Crippen LogP contribution in [-0.4, -0.2) is 13.6 Å². The van der Waals surface area contributed by atoms with Crippen LogP contribution in [0.25, 0.3) is 0 Å². The largest absolute Gasteiger partial charge is 0.319 e. The third kappa shape index (κ3) is 1.76. The van der Waals surface area contributed by atoms with E-state index >= 15 is 0 Å². The minimum absolute atomic E-state index is 0.778. The molecule has 0 heterocycles. The van der Waals surface area contributed by atoms with Crippen LogP contribution < -0.4 is 5.32 Å². The normalized spacial score (nSPS) is 49.6. The van der Waals surface area contributed by atoms with Crippen LogP contribution in [0.15, 0.2) is 0 Å². The van der Waals surface area contributed by atoms with Gasteiger partial charge in [0.1, 0.15) is 0 Å². The molecule has 0 bridgehead atoms. The summed E-state index contributed by atoms with van der Waals surface area (Å²) >= 11 is 0. The van der Waals surface area contributed by atoms with Crippen molar-refractivity contribution in [3.05, 3.63) is 0 Å².